The fourth-order valence-corrected chi connectivity index (χ4v) is 3.23. The van der Waals surface area contributed by atoms with Crippen molar-refractivity contribution in [3.05, 3.63) is 102 Å². The molecule has 0 aliphatic heterocycles. The van der Waals surface area contributed by atoms with E-state index in [1.165, 1.54) is 4.80 Å². The molecule has 0 spiro atoms. The maximum Gasteiger partial charge on any atom is 0.244 e. The lowest BCUT2D eigenvalue weighted by Gasteiger charge is -2.19. The van der Waals surface area contributed by atoms with Crippen LogP contribution in [0, 0.1) is 6.92 Å². The summed E-state index contributed by atoms with van der Waals surface area (Å²) in [6.45, 7) is 1.99. The lowest BCUT2D eigenvalue weighted by Crippen LogP contribution is -2.32. The first-order valence-corrected chi connectivity index (χ1v) is 9.44. The molecule has 0 bridgehead atoms. The molecule has 3 aromatic carbocycles. The molecule has 6 heteroatoms. The van der Waals surface area contributed by atoms with Crippen LogP contribution in [0.3, 0.4) is 0 Å². The summed E-state index contributed by atoms with van der Waals surface area (Å²) in [6.07, 6.45) is 0. The topological polar surface area (TPSA) is 72.7 Å². The zero-order valence-electron chi connectivity index (χ0n) is 16.1. The van der Waals surface area contributed by atoms with Crippen molar-refractivity contribution in [2.45, 2.75) is 19.5 Å². The highest BCUT2D eigenvalue weighted by Gasteiger charge is 2.18. The van der Waals surface area contributed by atoms with Gasteiger partial charge in [-0.25, -0.2) is 0 Å². The molecule has 4 rings (SSSR count). The summed E-state index contributed by atoms with van der Waals surface area (Å²) in [6, 6.07) is 27.4. The molecule has 6 nitrogen and oxygen atoms in total. The third-order valence-corrected chi connectivity index (χ3v) is 4.69. The number of tetrazole rings is 1. The Morgan fingerprint density at radius 2 is 1.48 bits per heavy atom. The van der Waals surface area contributed by atoms with Gasteiger partial charge in [0.25, 0.3) is 0 Å². The number of amides is 1. The molecule has 1 heterocycles. The van der Waals surface area contributed by atoms with Crippen molar-refractivity contribution in [1.82, 2.24) is 25.5 Å². The molecule has 0 radical (unpaired) electrons. The van der Waals surface area contributed by atoms with Gasteiger partial charge in [-0.2, -0.15) is 4.80 Å². The second-order valence-corrected chi connectivity index (χ2v) is 6.78. The molecule has 4 aromatic rings. The summed E-state index contributed by atoms with van der Waals surface area (Å²) < 4.78 is 0. The van der Waals surface area contributed by atoms with Crippen molar-refractivity contribution >= 4 is 5.91 Å². The Labute approximate surface area is 169 Å². The first-order chi connectivity index (χ1) is 14.2. The molecule has 1 N–H and O–H groups in total. The van der Waals surface area contributed by atoms with E-state index in [0.29, 0.717) is 5.82 Å². The lowest BCUT2D eigenvalue weighted by molar-refractivity contribution is -0.122. The van der Waals surface area contributed by atoms with E-state index >= 15 is 0 Å². The minimum atomic E-state index is -0.246. The maximum absolute atomic E-state index is 12.7. The molecule has 1 amide bonds. The highest BCUT2D eigenvalue weighted by atomic mass is 16.2. The Morgan fingerprint density at radius 3 is 2.10 bits per heavy atom. The third-order valence-electron chi connectivity index (χ3n) is 4.69. The summed E-state index contributed by atoms with van der Waals surface area (Å²) >= 11 is 0. The maximum atomic E-state index is 12.7. The van der Waals surface area contributed by atoms with Gasteiger partial charge in [-0.1, -0.05) is 84.9 Å². The molecular formula is C23H21N5O. The van der Waals surface area contributed by atoms with Crippen LogP contribution in [0.1, 0.15) is 22.7 Å². The standard InChI is InChI=1S/C23H21N5O/c1-17-10-8-9-15-20(17)23-25-27-28(26-23)16-21(29)24-22(18-11-4-2-5-12-18)19-13-6-3-7-14-19/h2-15,22H,16H2,1H3,(H,24,29). The first kappa shape index (κ1) is 18.6. The third kappa shape index (κ3) is 4.38. The Kier molecular flexibility index (Phi) is 5.42. The smallest absolute Gasteiger partial charge is 0.244 e. The molecular weight excluding hydrogens is 362 g/mol. The van der Waals surface area contributed by atoms with Gasteiger partial charge < -0.3 is 5.32 Å². The number of nitrogens with one attached hydrogen (secondary N) is 1. The van der Waals surface area contributed by atoms with E-state index in [-0.39, 0.29) is 18.5 Å². The zero-order chi connectivity index (χ0) is 20.1. The van der Waals surface area contributed by atoms with Crippen LogP contribution in [0.15, 0.2) is 84.9 Å². The van der Waals surface area contributed by atoms with Gasteiger partial charge in [-0.15, -0.1) is 10.2 Å². The summed E-state index contributed by atoms with van der Waals surface area (Å²) in [4.78, 5) is 14.1. The Bertz CT molecular complexity index is 1050. The molecule has 0 atom stereocenters. The van der Waals surface area contributed by atoms with Gasteiger partial charge in [0.2, 0.25) is 11.7 Å². The predicted molar refractivity (Wildman–Crippen MR) is 111 cm³/mol. The molecule has 0 saturated carbocycles. The number of hydrogen-bond acceptors (Lipinski definition) is 4. The van der Waals surface area contributed by atoms with Crippen LogP contribution in [0.5, 0.6) is 0 Å². The van der Waals surface area contributed by atoms with E-state index in [4.69, 9.17) is 0 Å². The van der Waals surface area contributed by atoms with Crippen LogP contribution < -0.4 is 5.32 Å². The zero-order valence-corrected chi connectivity index (χ0v) is 16.1. The Balaban J connectivity index is 1.51. The quantitative estimate of drug-likeness (QED) is 0.553. The van der Waals surface area contributed by atoms with Crippen LogP contribution in [0.25, 0.3) is 11.4 Å². The van der Waals surface area contributed by atoms with Crippen LogP contribution >= 0.6 is 0 Å². The first-order valence-electron chi connectivity index (χ1n) is 9.44. The molecule has 0 aliphatic rings. The number of hydrogen-bond donors (Lipinski definition) is 1. The fourth-order valence-electron chi connectivity index (χ4n) is 3.23. The molecule has 29 heavy (non-hydrogen) atoms. The fraction of sp³-hybridized carbons (Fsp3) is 0.130. The van der Waals surface area contributed by atoms with Crippen molar-refractivity contribution in [1.29, 1.82) is 0 Å². The van der Waals surface area contributed by atoms with E-state index in [9.17, 15) is 4.79 Å². The van der Waals surface area contributed by atoms with E-state index in [0.717, 1.165) is 22.3 Å². The molecule has 1 aromatic heterocycles. The van der Waals surface area contributed by atoms with E-state index in [2.05, 4.69) is 20.7 Å². The number of aromatic nitrogens is 4. The molecule has 0 aliphatic carbocycles. The number of aryl methyl sites for hydroxylation is 1. The van der Waals surface area contributed by atoms with Crippen molar-refractivity contribution < 1.29 is 4.79 Å². The second-order valence-electron chi connectivity index (χ2n) is 6.78. The van der Waals surface area contributed by atoms with Crippen molar-refractivity contribution in [3.63, 3.8) is 0 Å². The highest BCUT2D eigenvalue weighted by molar-refractivity contribution is 5.76. The SMILES string of the molecule is Cc1ccccc1-c1nnn(CC(=O)NC(c2ccccc2)c2ccccc2)n1. The number of carbonyl (C=O) groups excluding carboxylic acids is 1. The molecule has 0 unspecified atom stereocenters. The van der Waals surface area contributed by atoms with E-state index < -0.39 is 0 Å². The van der Waals surface area contributed by atoms with Crippen molar-refractivity contribution in [2.75, 3.05) is 0 Å². The van der Waals surface area contributed by atoms with Gasteiger partial charge >= 0.3 is 0 Å². The van der Waals surface area contributed by atoms with Crippen molar-refractivity contribution in [3.8, 4) is 11.4 Å². The normalized spacial score (nSPS) is 10.8. The highest BCUT2D eigenvalue weighted by Crippen LogP contribution is 2.22. The number of benzene rings is 3. The second kappa shape index (κ2) is 8.48. The van der Waals surface area contributed by atoms with E-state index in [1.54, 1.807) is 0 Å². The van der Waals surface area contributed by atoms with Gasteiger partial charge in [0.15, 0.2) is 0 Å². The van der Waals surface area contributed by atoms with Gasteiger partial charge in [-0.3, -0.25) is 4.79 Å². The largest absolute Gasteiger partial charge is 0.344 e. The van der Waals surface area contributed by atoms with Gasteiger partial charge in [0, 0.05) is 5.56 Å². The lowest BCUT2D eigenvalue weighted by atomic mass is 9.99. The Morgan fingerprint density at radius 1 is 0.897 bits per heavy atom. The summed E-state index contributed by atoms with van der Waals surface area (Å²) in [5.74, 6) is 0.329. The average molecular weight is 383 g/mol. The summed E-state index contributed by atoms with van der Waals surface area (Å²) in [5, 5.41) is 15.6. The summed E-state index contributed by atoms with van der Waals surface area (Å²) in [5.41, 5.74) is 3.99. The van der Waals surface area contributed by atoms with Crippen LogP contribution in [-0.2, 0) is 11.3 Å². The monoisotopic (exact) mass is 383 g/mol. The minimum absolute atomic E-state index is 0.00491. The predicted octanol–water partition coefficient (Wildman–Crippen LogP) is 3.55. The number of nitrogens with zero attached hydrogens (tertiary/aromatic N) is 4. The van der Waals surface area contributed by atoms with Crippen molar-refractivity contribution in [2.24, 2.45) is 0 Å². The van der Waals surface area contributed by atoms with Gasteiger partial charge in [-0.05, 0) is 28.8 Å². The van der Waals surface area contributed by atoms with E-state index in [1.807, 2.05) is 91.9 Å². The van der Waals surface area contributed by atoms with Crippen LogP contribution in [-0.4, -0.2) is 26.1 Å². The summed E-state index contributed by atoms with van der Waals surface area (Å²) in [7, 11) is 0. The number of rotatable bonds is 6. The van der Waals surface area contributed by atoms with Crippen LogP contribution in [0.2, 0.25) is 0 Å². The number of carbonyl (C=O) groups is 1. The average Bonchev–Trinajstić information content (AvgIpc) is 3.21. The van der Waals surface area contributed by atoms with Gasteiger partial charge in [0.1, 0.15) is 6.54 Å². The van der Waals surface area contributed by atoms with Gasteiger partial charge in [0.05, 0.1) is 6.04 Å². The molecule has 0 fully saturated rings. The minimum Gasteiger partial charge on any atom is -0.344 e. The molecule has 0 saturated heterocycles. The van der Waals surface area contributed by atoms with Crippen LogP contribution in [0.4, 0.5) is 0 Å². The molecule has 144 valence electrons. The Hall–Kier alpha value is -3.80.